The van der Waals surface area contributed by atoms with Gasteiger partial charge in [-0.2, -0.15) is 0 Å². The van der Waals surface area contributed by atoms with Gasteiger partial charge in [0.05, 0.1) is 0 Å². The smallest absolute Gasteiger partial charge is 0.870 e. The summed E-state index contributed by atoms with van der Waals surface area (Å²) < 4.78 is 0. The molecule has 0 amide bonds. The number of rotatable bonds is 0. The van der Waals surface area contributed by atoms with Crippen LogP contribution in [-0.2, 0) is 21.1 Å². The molecule has 0 aliphatic carbocycles. The van der Waals surface area contributed by atoms with Crippen LogP contribution in [-0.4, -0.2) is 16.4 Å². The molecule has 0 saturated heterocycles. The van der Waals surface area contributed by atoms with E-state index in [-0.39, 0.29) is 67.1 Å². The van der Waals surface area contributed by atoms with Crippen LogP contribution in [0.1, 0.15) is 0 Å². The van der Waals surface area contributed by atoms with E-state index < -0.39 is 0 Å². The first kappa shape index (κ1) is 82.8. The van der Waals surface area contributed by atoms with E-state index in [4.69, 9.17) is 0 Å². The summed E-state index contributed by atoms with van der Waals surface area (Å²) in [6, 6.07) is 0. The van der Waals surface area contributed by atoms with Gasteiger partial charge in [-0.1, -0.05) is 0 Å². The fourth-order valence-electron chi connectivity index (χ4n) is 0. The molecule has 3 N–H and O–H groups in total. The zero-order chi connectivity index (χ0) is 0. The molecule has 32 valence electrons. The Kier molecular flexibility index (Phi) is 782. The molecule has 0 heterocycles. The minimum atomic E-state index is 0. The van der Waals surface area contributed by atoms with E-state index >= 15 is 0 Å². The Bertz CT molecular complexity index is 6.85. The molecule has 0 spiro atoms. The van der Waals surface area contributed by atoms with Gasteiger partial charge in [0.15, 0.2) is 0 Å². The average Bonchev–Trinajstić information content (AvgIpc) is 0. The van der Waals surface area contributed by atoms with Gasteiger partial charge in [-0.15, -0.1) is 0 Å². The normalized spacial score (nSPS) is 0. The van der Waals surface area contributed by atoms with Gasteiger partial charge in [-0.25, -0.2) is 0 Å². The van der Waals surface area contributed by atoms with Crippen LogP contribution in [0.5, 0.6) is 0 Å². The van der Waals surface area contributed by atoms with Crippen molar-refractivity contribution < 1.29 is 67.1 Å². The van der Waals surface area contributed by atoms with Gasteiger partial charge >= 0.3 is 50.6 Å². The predicted molar refractivity (Wildman–Crippen MR) is 5.81 cm³/mol. The second kappa shape index (κ2) is 47.2. The van der Waals surface area contributed by atoms with Crippen molar-refractivity contribution >= 4 is 0 Å². The zero-order valence-corrected chi connectivity index (χ0v) is 6.93. The Labute approximate surface area is 66.6 Å². The molecule has 0 aliphatic heterocycles. The molecule has 5 heavy (non-hydrogen) atoms. The maximum atomic E-state index is 0. The Morgan fingerprint density at radius 2 is 0.600 bits per heavy atom. The van der Waals surface area contributed by atoms with Crippen molar-refractivity contribution in [1.82, 2.24) is 0 Å². The van der Waals surface area contributed by atoms with E-state index in [1.165, 1.54) is 0 Å². The first-order chi connectivity index (χ1) is 0. The van der Waals surface area contributed by atoms with Gasteiger partial charge in [-0.05, 0) is 0 Å². The van der Waals surface area contributed by atoms with Crippen molar-refractivity contribution in [2.75, 3.05) is 0 Å². The largest absolute Gasteiger partial charge is 2.00 e. The van der Waals surface area contributed by atoms with E-state index in [9.17, 15) is 0 Å². The van der Waals surface area contributed by atoms with E-state index in [0.717, 1.165) is 0 Å². The minimum absolute atomic E-state index is 0. The van der Waals surface area contributed by atoms with Crippen molar-refractivity contribution in [3.8, 4) is 0 Å². The molecule has 0 unspecified atom stereocenters. The second-order valence-corrected chi connectivity index (χ2v) is 0. The van der Waals surface area contributed by atoms with E-state index in [0.29, 0.717) is 0 Å². The molecule has 0 bridgehead atoms. The molecule has 0 saturated carbocycles. The standard InChI is InChI=1S/Na.3H2O.Pt/h;3*1H2;/q+1;;;;+2/p-3. The van der Waals surface area contributed by atoms with Crippen LogP contribution in [0.25, 0.3) is 0 Å². The Morgan fingerprint density at radius 1 is 0.600 bits per heavy atom. The van der Waals surface area contributed by atoms with Gasteiger partial charge in [-0.3, -0.25) is 0 Å². The summed E-state index contributed by atoms with van der Waals surface area (Å²) in [5.74, 6) is 0. The first-order valence-electron chi connectivity index (χ1n) is 0. The van der Waals surface area contributed by atoms with Gasteiger partial charge in [0.2, 0.25) is 0 Å². The quantitative estimate of drug-likeness (QED) is 0.427. The molecular formula is H3NaO3Pt. The molecule has 0 fully saturated rings. The first-order valence-corrected chi connectivity index (χ1v) is 0. The summed E-state index contributed by atoms with van der Waals surface area (Å²) in [5, 5.41) is 0. The van der Waals surface area contributed by atoms with E-state index in [1.807, 2.05) is 0 Å². The topological polar surface area (TPSA) is 90.0 Å². The Morgan fingerprint density at radius 3 is 0.600 bits per heavy atom. The monoisotopic (exact) mass is 269 g/mol. The predicted octanol–water partition coefficient (Wildman–Crippen LogP) is -3.53. The molecule has 0 aliphatic rings. The maximum Gasteiger partial charge on any atom is 2.00 e. The SMILES string of the molecule is [Na+].[OH-].[OH-].[OH-].[Pt+2]. The molecule has 0 aromatic heterocycles. The third kappa shape index (κ3) is 28.8. The summed E-state index contributed by atoms with van der Waals surface area (Å²) in [6.45, 7) is 0. The van der Waals surface area contributed by atoms with Crippen LogP contribution in [0, 0.1) is 0 Å². The summed E-state index contributed by atoms with van der Waals surface area (Å²) >= 11 is 0. The second-order valence-electron chi connectivity index (χ2n) is 0. The minimum Gasteiger partial charge on any atom is -0.870 e. The van der Waals surface area contributed by atoms with Crippen molar-refractivity contribution in [1.29, 1.82) is 0 Å². The molecule has 0 atom stereocenters. The maximum absolute atomic E-state index is 0. The summed E-state index contributed by atoms with van der Waals surface area (Å²) in [5.41, 5.74) is 0. The summed E-state index contributed by atoms with van der Waals surface area (Å²) in [6.07, 6.45) is 0. The summed E-state index contributed by atoms with van der Waals surface area (Å²) in [4.78, 5) is 0. The van der Waals surface area contributed by atoms with Gasteiger partial charge in [0.25, 0.3) is 0 Å². The molecule has 0 rings (SSSR count). The Balaban J connectivity index is 0. The van der Waals surface area contributed by atoms with Crippen LogP contribution in [0.2, 0.25) is 0 Å². The third-order valence-electron chi connectivity index (χ3n) is 0. The van der Waals surface area contributed by atoms with Crippen LogP contribution >= 0.6 is 0 Å². The fraction of sp³-hybridized carbons (Fsp3) is 0. The van der Waals surface area contributed by atoms with Crippen molar-refractivity contribution in [3.05, 3.63) is 0 Å². The molecule has 0 radical (unpaired) electrons. The van der Waals surface area contributed by atoms with Gasteiger partial charge < -0.3 is 16.4 Å². The third-order valence-corrected chi connectivity index (χ3v) is 0. The fourth-order valence-corrected chi connectivity index (χ4v) is 0. The molecular weight excluding hydrogens is 266 g/mol. The van der Waals surface area contributed by atoms with Crippen LogP contribution in [0.4, 0.5) is 0 Å². The summed E-state index contributed by atoms with van der Waals surface area (Å²) in [7, 11) is 0. The van der Waals surface area contributed by atoms with E-state index in [1.54, 1.807) is 0 Å². The number of hydrogen-bond acceptors (Lipinski definition) is 3. The van der Waals surface area contributed by atoms with Crippen LogP contribution in [0.15, 0.2) is 0 Å². The molecule has 3 nitrogen and oxygen atoms in total. The molecule has 5 heteroatoms. The van der Waals surface area contributed by atoms with Gasteiger partial charge in [0, 0.05) is 0 Å². The zero-order valence-electron chi connectivity index (χ0n) is 2.66. The van der Waals surface area contributed by atoms with Crippen molar-refractivity contribution in [2.45, 2.75) is 0 Å². The van der Waals surface area contributed by atoms with Crippen LogP contribution < -0.4 is 29.6 Å². The molecule has 0 aromatic carbocycles. The average molecular weight is 269 g/mol. The van der Waals surface area contributed by atoms with Crippen molar-refractivity contribution in [3.63, 3.8) is 0 Å². The van der Waals surface area contributed by atoms with Crippen LogP contribution in [0.3, 0.4) is 0 Å². The Hall–Kier alpha value is 1.57. The number of hydrogen-bond donors (Lipinski definition) is 0. The molecule has 0 aromatic rings. The van der Waals surface area contributed by atoms with Gasteiger partial charge in [0.1, 0.15) is 0 Å². The van der Waals surface area contributed by atoms with Crippen molar-refractivity contribution in [2.24, 2.45) is 0 Å². The van der Waals surface area contributed by atoms with E-state index in [2.05, 4.69) is 0 Å².